The number of aliphatic hydroxyl groups is 1. The minimum Gasteiger partial charge on any atom is -0.444 e. The van der Waals surface area contributed by atoms with Crippen molar-refractivity contribution in [1.29, 1.82) is 0 Å². The van der Waals surface area contributed by atoms with Crippen LogP contribution in [0.5, 0.6) is 0 Å². The minimum atomic E-state index is -2.31. The van der Waals surface area contributed by atoms with E-state index in [9.17, 15) is 14.5 Å². The lowest BCUT2D eigenvalue weighted by Crippen LogP contribution is -2.36. The lowest BCUT2D eigenvalue weighted by Gasteiger charge is -2.23. The molecule has 0 fully saturated rings. The van der Waals surface area contributed by atoms with Crippen molar-refractivity contribution in [3.05, 3.63) is 29.8 Å². The van der Waals surface area contributed by atoms with E-state index in [4.69, 9.17) is 4.74 Å². The van der Waals surface area contributed by atoms with Crippen molar-refractivity contribution >= 4 is 18.5 Å². The summed E-state index contributed by atoms with van der Waals surface area (Å²) in [5, 5.41) is 12.8. The second-order valence-electron chi connectivity index (χ2n) is 6.32. The Morgan fingerprint density at radius 1 is 1.29 bits per heavy atom. The molecule has 0 aromatic heterocycles. The quantitative estimate of drug-likeness (QED) is 0.837. The number of rotatable bonds is 4. The van der Waals surface area contributed by atoms with Gasteiger partial charge in [-0.3, -0.25) is 0 Å². The first-order chi connectivity index (χ1) is 9.53. The van der Waals surface area contributed by atoms with Gasteiger partial charge in [-0.25, -0.2) is 4.79 Å². The Labute approximate surface area is 126 Å². The number of hydrogen-bond acceptors (Lipinski definition) is 4. The van der Waals surface area contributed by atoms with Crippen molar-refractivity contribution < 1.29 is 19.2 Å². The summed E-state index contributed by atoms with van der Waals surface area (Å²) in [6.45, 7) is 8.48. The van der Waals surface area contributed by atoms with Crippen LogP contribution in [0.3, 0.4) is 0 Å². The van der Waals surface area contributed by atoms with Crippen LogP contribution in [0, 0.1) is 0 Å². The Balaban J connectivity index is 2.81. The van der Waals surface area contributed by atoms with Crippen LogP contribution in [0.2, 0.25) is 0 Å². The zero-order valence-electron chi connectivity index (χ0n) is 13.2. The molecule has 0 heterocycles. The van der Waals surface area contributed by atoms with E-state index < -0.39 is 24.9 Å². The molecule has 1 aromatic rings. The third-order valence-corrected chi connectivity index (χ3v) is 4.33. The Hall–Kier alpha value is -1.32. The van der Waals surface area contributed by atoms with Crippen LogP contribution < -0.4 is 10.6 Å². The molecular weight excluding hydrogens is 289 g/mol. The lowest BCUT2D eigenvalue weighted by molar-refractivity contribution is 0.0482. The Bertz CT molecular complexity index is 528. The van der Waals surface area contributed by atoms with Gasteiger partial charge in [0.2, 0.25) is 0 Å². The number of carbonyl (C=O) groups is 1. The number of alkyl carbamates (subject to hydrolysis) is 1. The lowest BCUT2D eigenvalue weighted by atomic mass is 10.1. The molecule has 21 heavy (non-hydrogen) atoms. The number of benzene rings is 1. The summed E-state index contributed by atoms with van der Waals surface area (Å²) >= 11 is 0. The predicted octanol–water partition coefficient (Wildman–Crippen LogP) is 2.49. The van der Waals surface area contributed by atoms with Crippen molar-refractivity contribution in [1.82, 2.24) is 5.32 Å². The van der Waals surface area contributed by atoms with Crippen LogP contribution in [0.15, 0.2) is 24.3 Å². The van der Waals surface area contributed by atoms with E-state index in [1.54, 1.807) is 58.4 Å². The van der Waals surface area contributed by atoms with E-state index in [-0.39, 0.29) is 6.61 Å². The molecule has 2 N–H and O–H groups in total. The van der Waals surface area contributed by atoms with E-state index >= 15 is 0 Å². The average Bonchev–Trinajstić information content (AvgIpc) is 2.33. The van der Waals surface area contributed by atoms with Crippen LogP contribution in [0.25, 0.3) is 0 Å². The van der Waals surface area contributed by atoms with Gasteiger partial charge in [0.05, 0.1) is 12.6 Å². The van der Waals surface area contributed by atoms with E-state index in [1.165, 1.54) is 0 Å². The molecule has 118 valence electrons. The number of nitrogens with one attached hydrogen (secondary N) is 1. The first kappa shape index (κ1) is 17.7. The van der Waals surface area contributed by atoms with E-state index in [1.807, 2.05) is 0 Å². The minimum absolute atomic E-state index is 0.242. The van der Waals surface area contributed by atoms with Gasteiger partial charge in [-0.2, -0.15) is 0 Å². The highest BCUT2D eigenvalue weighted by Gasteiger charge is 2.20. The number of amides is 1. The monoisotopic (exact) mass is 313 g/mol. The van der Waals surface area contributed by atoms with Gasteiger partial charge in [-0.05, 0) is 39.7 Å². The first-order valence-corrected chi connectivity index (χ1v) is 9.39. The first-order valence-electron chi connectivity index (χ1n) is 6.79. The molecule has 1 atom stereocenters. The van der Waals surface area contributed by atoms with Gasteiger partial charge < -0.3 is 19.7 Å². The second kappa shape index (κ2) is 6.63. The standard InChI is InChI=1S/C15H24NO4P/c1-15(2,3)20-14(18)16-13(10-17)11-6-8-12(9-7-11)21(4,5)19/h6-9,13,17H,10H2,1-5H3,(H,16,18). The van der Waals surface area contributed by atoms with Crippen molar-refractivity contribution in [2.24, 2.45) is 0 Å². The van der Waals surface area contributed by atoms with Gasteiger partial charge in [0.15, 0.2) is 0 Å². The second-order valence-corrected chi connectivity index (χ2v) is 9.54. The Morgan fingerprint density at radius 2 is 1.81 bits per heavy atom. The highest BCUT2D eigenvalue weighted by atomic mass is 31.2. The van der Waals surface area contributed by atoms with E-state index in [2.05, 4.69) is 5.32 Å². The van der Waals surface area contributed by atoms with E-state index in [0.29, 0.717) is 0 Å². The molecule has 0 spiro atoms. The Morgan fingerprint density at radius 3 is 2.19 bits per heavy atom. The van der Waals surface area contributed by atoms with Crippen LogP contribution in [-0.4, -0.2) is 36.7 Å². The predicted molar refractivity (Wildman–Crippen MR) is 84.7 cm³/mol. The fraction of sp³-hybridized carbons (Fsp3) is 0.533. The van der Waals surface area contributed by atoms with Crippen LogP contribution in [-0.2, 0) is 9.30 Å². The number of ether oxygens (including phenoxy) is 1. The molecule has 0 aliphatic rings. The summed E-state index contributed by atoms with van der Waals surface area (Å²) in [6.07, 6.45) is -0.581. The smallest absolute Gasteiger partial charge is 0.408 e. The largest absolute Gasteiger partial charge is 0.444 e. The fourth-order valence-electron chi connectivity index (χ4n) is 1.75. The van der Waals surface area contributed by atoms with Gasteiger partial charge in [-0.15, -0.1) is 0 Å². The molecule has 0 saturated carbocycles. The summed E-state index contributed by atoms with van der Waals surface area (Å²) in [6, 6.07) is 6.48. The molecule has 6 heteroatoms. The third-order valence-electron chi connectivity index (χ3n) is 2.79. The highest BCUT2D eigenvalue weighted by Crippen LogP contribution is 2.34. The molecule has 5 nitrogen and oxygen atoms in total. The SMILES string of the molecule is CC(C)(C)OC(=O)NC(CO)c1ccc(P(C)(C)=O)cc1. The summed E-state index contributed by atoms with van der Waals surface area (Å²) < 4.78 is 17.1. The summed E-state index contributed by atoms with van der Waals surface area (Å²) in [5.74, 6) is 0. The van der Waals surface area contributed by atoms with Crippen LogP contribution in [0.1, 0.15) is 32.4 Å². The van der Waals surface area contributed by atoms with Gasteiger partial charge >= 0.3 is 6.09 Å². The maximum atomic E-state index is 12.0. The zero-order valence-corrected chi connectivity index (χ0v) is 14.1. The van der Waals surface area contributed by atoms with Crippen LogP contribution in [0.4, 0.5) is 4.79 Å². The number of hydrogen-bond donors (Lipinski definition) is 2. The molecule has 0 saturated heterocycles. The van der Waals surface area contributed by atoms with E-state index in [0.717, 1.165) is 10.9 Å². The van der Waals surface area contributed by atoms with Crippen molar-refractivity contribution in [3.8, 4) is 0 Å². The molecular formula is C15H24NO4P. The fourth-order valence-corrected chi connectivity index (χ4v) is 2.62. The molecule has 0 aliphatic heterocycles. The normalized spacial score (nSPS) is 13.6. The van der Waals surface area contributed by atoms with Gasteiger partial charge in [0.1, 0.15) is 12.7 Å². The summed E-state index contributed by atoms with van der Waals surface area (Å²) in [4.78, 5) is 11.7. The molecule has 0 aliphatic carbocycles. The topological polar surface area (TPSA) is 75.6 Å². The van der Waals surface area contributed by atoms with Crippen molar-refractivity contribution in [2.75, 3.05) is 19.9 Å². The summed E-state index contributed by atoms with van der Waals surface area (Å²) in [7, 11) is -2.31. The summed E-state index contributed by atoms with van der Waals surface area (Å²) in [5.41, 5.74) is 0.144. The number of carbonyl (C=O) groups excluding carboxylic acids is 1. The highest BCUT2D eigenvalue weighted by molar-refractivity contribution is 7.70. The zero-order chi connectivity index (χ0) is 16.3. The molecule has 1 rings (SSSR count). The van der Waals surface area contributed by atoms with Crippen molar-refractivity contribution in [3.63, 3.8) is 0 Å². The maximum absolute atomic E-state index is 12.0. The van der Waals surface area contributed by atoms with Gasteiger partial charge in [-0.1, -0.05) is 24.3 Å². The molecule has 0 radical (unpaired) electrons. The van der Waals surface area contributed by atoms with Gasteiger partial charge in [0.25, 0.3) is 0 Å². The molecule has 1 aromatic carbocycles. The maximum Gasteiger partial charge on any atom is 0.408 e. The third kappa shape index (κ3) is 5.90. The molecule has 1 unspecified atom stereocenters. The number of aliphatic hydroxyl groups excluding tert-OH is 1. The molecule has 1 amide bonds. The molecule has 0 bridgehead atoms. The van der Waals surface area contributed by atoms with Crippen LogP contribution >= 0.6 is 7.14 Å². The van der Waals surface area contributed by atoms with Gasteiger partial charge in [0, 0.05) is 5.30 Å². The van der Waals surface area contributed by atoms with Crippen molar-refractivity contribution in [2.45, 2.75) is 32.4 Å². The average molecular weight is 313 g/mol. The Kier molecular flexibility index (Phi) is 5.60.